The minimum Gasteiger partial charge on any atom is -0.368 e. The van der Waals surface area contributed by atoms with Gasteiger partial charge in [0.2, 0.25) is 0 Å². The number of pyridine rings is 2. The molecule has 0 fully saturated rings. The molecule has 11 heteroatoms. The molecule has 2 aromatic rings. The molecule has 5 nitrogen and oxygen atoms in total. The Labute approximate surface area is 149 Å². The highest BCUT2D eigenvalue weighted by Gasteiger charge is 2.34. The Hall–Kier alpha value is -2.85. The van der Waals surface area contributed by atoms with E-state index < -0.39 is 29.5 Å². The van der Waals surface area contributed by atoms with Gasteiger partial charge >= 0.3 is 12.4 Å². The standard InChI is InChI=1S/C16H14F6N4O/c1-9-10(4-5-12(26-9)16(20,21)22)14(27)25-8-7-24-13-11(15(17,18)19)3-2-6-23-13/h2-6H,7-8H2,1H3,(H,23,24)(H,25,27). The second-order valence-corrected chi connectivity index (χ2v) is 5.41. The summed E-state index contributed by atoms with van der Waals surface area (Å²) in [5.74, 6) is -1.07. The molecule has 0 saturated carbocycles. The average Bonchev–Trinajstić information content (AvgIpc) is 2.57. The van der Waals surface area contributed by atoms with E-state index in [1.807, 2.05) is 0 Å². The van der Waals surface area contributed by atoms with Gasteiger partial charge in [0.1, 0.15) is 11.5 Å². The molecule has 1 amide bonds. The number of carbonyl (C=O) groups is 1. The van der Waals surface area contributed by atoms with Gasteiger partial charge in [0.05, 0.1) is 16.8 Å². The Kier molecular flexibility index (Phi) is 5.91. The fourth-order valence-electron chi connectivity index (χ4n) is 2.19. The van der Waals surface area contributed by atoms with Gasteiger partial charge in [-0.3, -0.25) is 4.79 Å². The first-order valence-electron chi connectivity index (χ1n) is 7.59. The second kappa shape index (κ2) is 7.80. The molecule has 0 spiro atoms. The molecule has 0 radical (unpaired) electrons. The maximum absolute atomic E-state index is 12.8. The highest BCUT2D eigenvalue weighted by atomic mass is 19.4. The van der Waals surface area contributed by atoms with E-state index in [0.29, 0.717) is 6.07 Å². The summed E-state index contributed by atoms with van der Waals surface area (Å²) >= 11 is 0. The lowest BCUT2D eigenvalue weighted by atomic mass is 10.1. The molecular weight excluding hydrogens is 378 g/mol. The Balaban J connectivity index is 1.94. The smallest absolute Gasteiger partial charge is 0.368 e. The van der Waals surface area contributed by atoms with Crippen LogP contribution in [0.4, 0.5) is 32.2 Å². The van der Waals surface area contributed by atoms with Crippen molar-refractivity contribution in [1.82, 2.24) is 15.3 Å². The molecule has 0 aliphatic heterocycles. The molecule has 27 heavy (non-hydrogen) atoms. The van der Waals surface area contributed by atoms with Crippen LogP contribution in [0.15, 0.2) is 30.5 Å². The van der Waals surface area contributed by atoms with Crippen molar-refractivity contribution in [2.75, 3.05) is 18.4 Å². The highest BCUT2D eigenvalue weighted by Crippen LogP contribution is 2.33. The predicted molar refractivity (Wildman–Crippen MR) is 84.0 cm³/mol. The van der Waals surface area contributed by atoms with Crippen LogP contribution in [0.1, 0.15) is 27.3 Å². The van der Waals surface area contributed by atoms with E-state index in [9.17, 15) is 31.1 Å². The SMILES string of the molecule is Cc1nc(C(F)(F)F)ccc1C(=O)NCCNc1ncccc1C(F)(F)F. The summed E-state index contributed by atoms with van der Waals surface area (Å²) in [6.07, 6.45) is -8.02. The highest BCUT2D eigenvalue weighted by molar-refractivity contribution is 5.95. The molecule has 2 heterocycles. The van der Waals surface area contributed by atoms with Crippen LogP contribution in [0.5, 0.6) is 0 Å². The van der Waals surface area contributed by atoms with Gasteiger partial charge in [-0.1, -0.05) is 0 Å². The van der Waals surface area contributed by atoms with Crippen molar-refractivity contribution in [3.63, 3.8) is 0 Å². The van der Waals surface area contributed by atoms with Gasteiger partial charge in [-0.15, -0.1) is 0 Å². The van der Waals surface area contributed by atoms with Crippen LogP contribution in [0.2, 0.25) is 0 Å². The Morgan fingerprint density at radius 1 is 1.04 bits per heavy atom. The van der Waals surface area contributed by atoms with Crippen molar-refractivity contribution in [2.24, 2.45) is 0 Å². The normalized spacial score (nSPS) is 12.0. The van der Waals surface area contributed by atoms with Gasteiger partial charge in [0.25, 0.3) is 5.91 Å². The number of nitrogens with one attached hydrogen (secondary N) is 2. The zero-order valence-electron chi connectivity index (χ0n) is 13.9. The molecule has 2 aromatic heterocycles. The third-order valence-corrected chi connectivity index (χ3v) is 3.44. The number of carbonyl (C=O) groups excluding carboxylic acids is 1. The van der Waals surface area contributed by atoms with E-state index in [1.54, 1.807) is 0 Å². The summed E-state index contributed by atoms with van der Waals surface area (Å²) in [6.45, 7) is 1.11. The molecule has 0 unspecified atom stereocenters. The quantitative estimate of drug-likeness (QED) is 0.602. The Morgan fingerprint density at radius 3 is 2.33 bits per heavy atom. The minimum atomic E-state index is -4.62. The Morgan fingerprint density at radius 2 is 1.74 bits per heavy atom. The van der Waals surface area contributed by atoms with Crippen molar-refractivity contribution in [3.05, 3.63) is 53.0 Å². The number of hydrogen-bond donors (Lipinski definition) is 2. The number of halogens is 6. The zero-order valence-corrected chi connectivity index (χ0v) is 13.9. The number of amides is 1. The van der Waals surface area contributed by atoms with E-state index in [0.717, 1.165) is 18.2 Å². The van der Waals surface area contributed by atoms with Gasteiger partial charge in [-0.05, 0) is 31.2 Å². The maximum atomic E-state index is 12.8. The van der Waals surface area contributed by atoms with Gasteiger partial charge in [-0.25, -0.2) is 9.97 Å². The summed E-state index contributed by atoms with van der Waals surface area (Å²) in [5, 5.41) is 4.85. The van der Waals surface area contributed by atoms with Crippen LogP contribution < -0.4 is 10.6 Å². The molecule has 0 atom stereocenters. The monoisotopic (exact) mass is 392 g/mol. The number of anilines is 1. The summed E-state index contributed by atoms with van der Waals surface area (Å²) in [7, 11) is 0. The van der Waals surface area contributed by atoms with Crippen LogP contribution in [0.3, 0.4) is 0 Å². The van der Waals surface area contributed by atoms with E-state index in [-0.39, 0.29) is 30.2 Å². The van der Waals surface area contributed by atoms with Crippen molar-refractivity contribution in [1.29, 1.82) is 0 Å². The van der Waals surface area contributed by atoms with Crippen molar-refractivity contribution >= 4 is 11.7 Å². The fraction of sp³-hybridized carbons (Fsp3) is 0.312. The minimum absolute atomic E-state index is 0.0585. The largest absolute Gasteiger partial charge is 0.433 e. The van der Waals surface area contributed by atoms with E-state index >= 15 is 0 Å². The predicted octanol–water partition coefficient (Wildman–Crippen LogP) is 3.66. The zero-order chi connectivity index (χ0) is 20.2. The van der Waals surface area contributed by atoms with Crippen LogP contribution in [0, 0.1) is 6.92 Å². The van der Waals surface area contributed by atoms with Crippen LogP contribution >= 0.6 is 0 Å². The van der Waals surface area contributed by atoms with Gasteiger partial charge in [0, 0.05) is 19.3 Å². The van der Waals surface area contributed by atoms with Gasteiger partial charge < -0.3 is 10.6 Å². The van der Waals surface area contributed by atoms with Crippen LogP contribution in [-0.4, -0.2) is 29.0 Å². The maximum Gasteiger partial charge on any atom is 0.433 e. The number of aromatic nitrogens is 2. The molecule has 0 bridgehead atoms. The lowest BCUT2D eigenvalue weighted by Crippen LogP contribution is -2.30. The summed E-state index contributed by atoms with van der Waals surface area (Å²) in [4.78, 5) is 19.0. The van der Waals surface area contributed by atoms with Crippen molar-refractivity contribution in [3.8, 4) is 0 Å². The number of nitrogens with zero attached hydrogens (tertiary/aromatic N) is 2. The molecule has 0 aliphatic carbocycles. The molecule has 0 saturated heterocycles. The van der Waals surface area contributed by atoms with Gasteiger partial charge in [0.15, 0.2) is 0 Å². The Bertz CT molecular complexity index is 819. The molecule has 2 N–H and O–H groups in total. The average molecular weight is 392 g/mol. The molecule has 0 aliphatic rings. The summed E-state index contributed by atoms with van der Waals surface area (Å²) in [6, 6.07) is 3.69. The van der Waals surface area contributed by atoms with E-state index in [2.05, 4.69) is 20.6 Å². The topological polar surface area (TPSA) is 66.9 Å². The van der Waals surface area contributed by atoms with E-state index in [4.69, 9.17) is 0 Å². The third kappa shape index (κ3) is 5.31. The number of aryl methyl sites for hydroxylation is 1. The lowest BCUT2D eigenvalue weighted by Gasteiger charge is -2.14. The molecule has 0 aromatic carbocycles. The first-order valence-corrected chi connectivity index (χ1v) is 7.59. The summed E-state index contributed by atoms with van der Waals surface area (Å²) < 4.78 is 76.2. The number of rotatable bonds is 5. The number of alkyl halides is 6. The lowest BCUT2D eigenvalue weighted by molar-refractivity contribution is -0.141. The first kappa shape index (κ1) is 20.5. The first-order chi connectivity index (χ1) is 12.5. The summed E-state index contributed by atoms with van der Waals surface area (Å²) in [5.41, 5.74) is -2.23. The van der Waals surface area contributed by atoms with Crippen molar-refractivity contribution < 1.29 is 31.1 Å². The van der Waals surface area contributed by atoms with E-state index in [1.165, 1.54) is 13.1 Å². The van der Waals surface area contributed by atoms with Crippen LogP contribution in [0.25, 0.3) is 0 Å². The number of hydrogen-bond acceptors (Lipinski definition) is 4. The second-order valence-electron chi connectivity index (χ2n) is 5.41. The van der Waals surface area contributed by atoms with Crippen molar-refractivity contribution in [2.45, 2.75) is 19.3 Å². The molecule has 2 rings (SSSR count). The van der Waals surface area contributed by atoms with Gasteiger partial charge in [-0.2, -0.15) is 26.3 Å². The fourth-order valence-corrected chi connectivity index (χ4v) is 2.19. The van der Waals surface area contributed by atoms with Crippen LogP contribution in [-0.2, 0) is 12.4 Å². The molecule has 146 valence electrons. The molecular formula is C16H14F6N4O. The third-order valence-electron chi connectivity index (χ3n) is 3.44.